The summed E-state index contributed by atoms with van der Waals surface area (Å²) in [6, 6.07) is 7.89. The van der Waals surface area contributed by atoms with Crippen LogP contribution >= 0.6 is 0 Å². The van der Waals surface area contributed by atoms with Gasteiger partial charge in [-0.3, -0.25) is 14.4 Å². The van der Waals surface area contributed by atoms with E-state index in [4.69, 9.17) is 9.47 Å². The number of nitrogens with one attached hydrogen (secondary N) is 1. The average Bonchev–Trinajstić information content (AvgIpc) is 3.44. The summed E-state index contributed by atoms with van der Waals surface area (Å²) in [5.41, 5.74) is -0.0974. The summed E-state index contributed by atoms with van der Waals surface area (Å²) in [7, 11) is 1.64. The van der Waals surface area contributed by atoms with Gasteiger partial charge in [0.1, 0.15) is 39.7 Å². The van der Waals surface area contributed by atoms with Gasteiger partial charge in [-0.15, -0.1) is 0 Å². The molecule has 3 aromatic rings. The van der Waals surface area contributed by atoms with Gasteiger partial charge in [0.2, 0.25) is 0 Å². The van der Waals surface area contributed by atoms with Gasteiger partial charge in [-0.1, -0.05) is 6.07 Å². The van der Waals surface area contributed by atoms with Crippen molar-refractivity contribution < 1.29 is 34.1 Å². The molecule has 0 saturated carbocycles. The molecule has 0 spiro atoms. The second-order valence-corrected chi connectivity index (χ2v) is 10.1. The lowest BCUT2D eigenvalue weighted by molar-refractivity contribution is -0.123. The normalized spacial score (nSPS) is 19.4. The van der Waals surface area contributed by atoms with Crippen LogP contribution in [0.15, 0.2) is 53.6 Å². The molecule has 9 nitrogen and oxygen atoms in total. The van der Waals surface area contributed by atoms with E-state index in [0.717, 1.165) is 23.1 Å². The third kappa shape index (κ3) is 3.79. The lowest BCUT2D eigenvalue weighted by Crippen LogP contribution is -2.41. The van der Waals surface area contributed by atoms with Crippen molar-refractivity contribution in [3.05, 3.63) is 70.3 Å². The molecule has 0 radical (unpaired) electrons. The number of ketones is 3. The number of phenols is 2. The zero-order valence-electron chi connectivity index (χ0n) is 22.5. The van der Waals surface area contributed by atoms with Crippen LogP contribution in [-0.2, 0) is 21.5 Å². The highest BCUT2D eigenvalue weighted by molar-refractivity contribution is 6.31. The van der Waals surface area contributed by atoms with Gasteiger partial charge < -0.3 is 29.6 Å². The molecule has 1 atom stereocenters. The fourth-order valence-electron chi connectivity index (χ4n) is 5.54. The van der Waals surface area contributed by atoms with Crippen molar-refractivity contribution in [1.82, 2.24) is 9.88 Å². The molecule has 3 N–H and O–H groups in total. The SMILES string of the molecule is COc1cccc2c1ccn2CCCN/C(C)=C1\C(=O)C=C2Oc3c(C(C)=O)c(O)c(C)c(O)c3[C@@]2(C)C1=O. The Balaban J connectivity index is 1.41. The van der Waals surface area contributed by atoms with E-state index in [9.17, 15) is 24.6 Å². The number of methoxy groups -OCH3 is 1. The number of phenolic OH excluding ortho intramolecular Hbond substituents is 2. The van der Waals surface area contributed by atoms with Gasteiger partial charge in [0.05, 0.1) is 23.8 Å². The van der Waals surface area contributed by atoms with E-state index in [0.29, 0.717) is 18.8 Å². The van der Waals surface area contributed by atoms with Crippen molar-refractivity contribution in [3.63, 3.8) is 0 Å². The second-order valence-electron chi connectivity index (χ2n) is 10.1. The van der Waals surface area contributed by atoms with E-state index in [1.54, 1.807) is 21.0 Å². The lowest BCUT2D eigenvalue weighted by atomic mass is 9.70. The van der Waals surface area contributed by atoms with E-state index in [2.05, 4.69) is 9.88 Å². The third-order valence-electron chi connectivity index (χ3n) is 7.72. The Bertz CT molecular complexity index is 1640. The van der Waals surface area contributed by atoms with Crippen LogP contribution in [0.2, 0.25) is 0 Å². The van der Waals surface area contributed by atoms with Gasteiger partial charge in [0.25, 0.3) is 0 Å². The van der Waals surface area contributed by atoms with Gasteiger partial charge in [-0.25, -0.2) is 0 Å². The molecular weight excluding hydrogens is 500 g/mol. The smallest absolute Gasteiger partial charge is 0.194 e. The molecule has 202 valence electrons. The lowest BCUT2D eigenvalue weighted by Gasteiger charge is -2.29. The maximum Gasteiger partial charge on any atom is 0.194 e. The van der Waals surface area contributed by atoms with Crippen LogP contribution in [0.3, 0.4) is 0 Å². The minimum Gasteiger partial charge on any atom is -0.507 e. The van der Waals surface area contributed by atoms with Crippen LogP contribution in [0.5, 0.6) is 23.0 Å². The fourth-order valence-corrected chi connectivity index (χ4v) is 5.54. The molecule has 1 aliphatic heterocycles. The molecule has 2 aliphatic rings. The van der Waals surface area contributed by atoms with E-state index >= 15 is 0 Å². The summed E-state index contributed by atoms with van der Waals surface area (Å²) in [5, 5.41) is 25.7. The Morgan fingerprint density at radius 1 is 1.15 bits per heavy atom. The molecule has 0 fully saturated rings. The molecule has 1 aliphatic carbocycles. The molecule has 1 aromatic heterocycles. The summed E-state index contributed by atoms with van der Waals surface area (Å²) in [6.45, 7) is 7.15. The van der Waals surface area contributed by atoms with Crippen molar-refractivity contribution in [3.8, 4) is 23.0 Å². The number of hydrogen-bond acceptors (Lipinski definition) is 8. The van der Waals surface area contributed by atoms with E-state index in [1.807, 2.05) is 30.5 Å². The quantitative estimate of drug-likeness (QED) is 0.179. The van der Waals surface area contributed by atoms with Gasteiger partial charge in [-0.2, -0.15) is 0 Å². The van der Waals surface area contributed by atoms with Crippen LogP contribution in [0.1, 0.15) is 48.7 Å². The van der Waals surface area contributed by atoms with Gasteiger partial charge in [0.15, 0.2) is 17.3 Å². The van der Waals surface area contributed by atoms with Gasteiger partial charge in [-0.05, 0) is 52.3 Å². The minimum atomic E-state index is -1.53. The monoisotopic (exact) mass is 530 g/mol. The Morgan fingerprint density at radius 2 is 1.90 bits per heavy atom. The number of allylic oxidation sites excluding steroid dienone is 4. The largest absolute Gasteiger partial charge is 0.507 e. The highest BCUT2D eigenvalue weighted by Gasteiger charge is 2.56. The van der Waals surface area contributed by atoms with Crippen molar-refractivity contribution in [1.29, 1.82) is 0 Å². The number of nitrogens with zero attached hydrogens (tertiary/aromatic N) is 1. The minimum absolute atomic E-state index is 0.0155. The predicted octanol–water partition coefficient (Wildman–Crippen LogP) is 4.21. The van der Waals surface area contributed by atoms with Crippen LogP contribution in [0, 0.1) is 6.92 Å². The number of aromatic nitrogens is 1. The maximum atomic E-state index is 13.9. The van der Waals surface area contributed by atoms with E-state index < -0.39 is 28.5 Å². The fraction of sp³-hybridized carbons (Fsp3) is 0.300. The topological polar surface area (TPSA) is 127 Å². The number of aryl methyl sites for hydroxylation is 1. The maximum absolute atomic E-state index is 13.9. The standard InChI is InChI=1S/C30H30N2O7/c1-15-26(35)24(17(3)33)28-25(27(15)36)30(4)22(39-28)14-20(34)23(29(30)37)16(2)31-11-7-12-32-13-10-18-19(32)8-6-9-21(18)38-5/h6,8-10,13-14,31,35-36H,7,11-12H2,1-5H3/b23-16+/t30-/m0/s1. The number of rotatable bonds is 7. The molecule has 5 rings (SSSR count). The highest BCUT2D eigenvalue weighted by Crippen LogP contribution is 2.57. The molecule has 0 saturated heterocycles. The number of benzene rings is 2. The van der Waals surface area contributed by atoms with Gasteiger partial charge in [0, 0.05) is 42.0 Å². The summed E-state index contributed by atoms with van der Waals surface area (Å²) in [6.07, 6.45) is 3.94. The number of hydrogen-bond donors (Lipinski definition) is 3. The zero-order valence-corrected chi connectivity index (χ0v) is 22.5. The first-order valence-electron chi connectivity index (χ1n) is 12.7. The number of fused-ring (bicyclic) bond motifs is 4. The first-order valence-corrected chi connectivity index (χ1v) is 12.7. The average molecular weight is 531 g/mol. The van der Waals surface area contributed by atoms with Crippen LogP contribution in [0.4, 0.5) is 0 Å². The molecule has 0 unspecified atom stereocenters. The van der Waals surface area contributed by atoms with Crippen molar-refractivity contribution in [2.24, 2.45) is 0 Å². The third-order valence-corrected chi connectivity index (χ3v) is 7.72. The molecule has 9 heteroatoms. The number of Topliss-reactive ketones (excluding diaryl/α,β-unsaturated/α-hetero) is 2. The van der Waals surface area contributed by atoms with Crippen molar-refractivity contribution in [2.75, 3.05) is 13.7 Å². The molecule has 0 bridgehead atoms. The van der Waals surface area contributed by atoms with Gasteiger partial charge >= 0.3 is 0 Å². The Kier molecular flexibility index (Phi) is 6.25. The molecule has 39 heavy (non-hydrogen) atoms. The Hall–Kier alpha value is -4.53. The van der Waals surface area contributed by atoms with Crippen LogP contribution < -0.4 is 14.8 Å². The molecule has 2 heterocycles. The van der Waals surface area contributed by atoms with Crippen LogP contribution in [-0.4, -0.2) is 45.8 Å². The van der Waals surface area contributed by atoms with Crippen molar-refractivity contribution >= 4 is 28.3 Å². The molecule has 0 amide bonds. The summed E-state index contributed by atoms with van der Waals surface area (Å²) in [4.78, 5) is 39.3. The van der Waals surface area contributed by atoms with E-state index in [-0.39, 0.29) is 39.5 Å². The number of aromatic hydroxyl groups is 2. The number of ether oxygens (including phenoxy) is 2. The first kappa shape index (κ1) is 26.1. The predicted molar refractivity (Wildman–Crippen MR) is 144 cm³/mol. The number of carbonyl (C=O) groups is 3. The number of carbonyl (C=O) groups excluding carboxylic acids is 3. The summed E-state index contributed by atoms with van der Waals surface area (Å²) < 4.78 is 13.4. The Labute approximate surface area is 225 Å². The van der Waals surface area contributed by atoms with Crippen molar-refractivity contribution in [2.45, 2.75) is 46.1 Å². The molecular formula is C30H30N2O7. The zero-order chi connectivity index (χ0) is 28.2. The summed E-state index contributed by atoms with van der Waals surface area (Å²) in [5.74, 6) is -1.60. The summed E-state index contributed by atoms with van der Waals surface area (Å²) >= 11 is 0. The molecule has 2 aromatic carbocycles. The highest BCUT2D eigenvalue weighted by atomic mass is 16.5. The first-order chi connectivity index (χ1) is 18.5. The van der Waals surface area contributed by atoms with Crippen LogP contribution in [0.25, 0.3) is 10.9 Å². The van der Waals surface area contributed by atoms with E-state index in [1.165, 1.54) is 19.9 Å². The second kappa shape index (κ2) is 9.34. The Morgan fingerprint density at radius 3 is 2.59 bits per heavy atom.